The summed E-state index contributed by atoms with van der Waals surface area (Å²) in [5.41, 5.74) is 12.3. The first-order chi connectivity index (χ1) is 7.50. The fraction of sp³-hybridized carbons (Fsp3) is 0.333. The van der Waals surface area contributed by atoms with E-state index in [4.69, 9.17) is 5.73 Å². The molecule has 0 amide bonds. The maximum Gasteiger partial charge on any atom is 0.0175 e. The van der Waals surface area contributed by atoms with Crippen LogP contribution in [0.4, 0.5) is 0 Å². The van der Waals surface area contributed by atoms with Gasteiger partial charge in [0.1, 0.15) is 0 Å². The van der Waals surface area contributed by atoms with E-state index in [-0.39, 0.29) is 5.41 Å². The van der Waals surface area contributed by atoms with Gasteiger partial charge in [-0.2, -0.15) is 0 Å². The van der Waals surface area contributed by atoms with Gasteiger partial charge in [0.25, 0.3) is 0 Å². The normalized spacial score (nSPS) is 23.4. The molecule has 0 atom stereocenters. The Morgan fingerprint density at radius 1 is 1.25 bits per heavy atom. The van der Waals surface area contributed by atoms with Crippen molar-refractivity contribution in [3.8, 4) is 0 Å². The molecule has 0 spiro atoms. The molecule has 0 fully saturated rings. The molecule has 16 heavy (non-hydrogen) atoms. The molecular formula is C15H19N. The lowest BCUT2D eigenvalue weighted by Crippen LogP contribution is -2.18. The Balaban J connectivity index is 2.81. The number of hydrogen-bond donors (Lipinski definition) is 1. The molecule has 1 aliphatic carbocycles. The van der Waals surface area contributed by atoms with Crippen LogP contribution in [0.3, 0.4) is 0 Å². The smallest absolute Gasteiger partial charge is 0.0175 e. The maximum atomic E-state index is 6.06. The highest BCUT2D eigenvalue weighted by Gasteiger charge is 2.38. The van der Waals surface area contributed by atoms with Crippen molar-refractivity contribution in [1.82, 2.24) is 0 Å². The quantitative estimate of drug-likeness (QED) is 0.700. The van der Waals surface area contributed by atoms with Crippen LogP contribution in [-0.2, 0) is 5.41 Å². The molecule has 0 heterocycles. The lowest BCUT2D eigenvalue weighted by molar-refractivity contribution is 0.653. The second-order valence-corrected chi connectivity index (χ2v) is 4.93. The van der Waals surface area contributed by atoms with E-state index >= 15 is 0 Å². The minimum atomic E-state index is 0.0251. The molecule has 0 saturated heterocycles. The first-order valence-corrected chi connectivity index (χ1v) is 5.73. The van der Waals surface area contributed by atoms with E-state index in [2.05, 4.69) is 51.1 Å². The molecule has 1 heteroatoms. The predicted octanol–water partition coefficient (Wildman–Crippen LogP) is 3.61. The molecule has 0 saturated carbocycles. The molecule has 1 nitrogen and oxygen atoms in total. The van der Waals surface area contributed by atoms with E-state index in [0.29, 0.717) is 0 Å². The topological polar surface area (TPSA) is 26.0 Å². The number of nitrogens with two attached hydrogens (primary N) is 1. The maximum absolute atomic E-state index is 6.06. The molecule has 0 aliphatic heterocycles. The van der Waals surface area contributed by atoms with Crippen molar-refractivity contribution >= 4 is 5.57 Å². The van der Waals surface area contributed by atoms with Crippen LogP contribution in [0.1, 0.15) is 38.8 Å². The molecule has 0 bridgehead atoms. The highest BCUT2D eigenvalue weighted by molar-refractivity contribution is 5.89. The first kappa shape index (κ1) is 11.0. The molecule has 2 rings (SSSR count). The van der Waals surface area contributed by atoms with E-state index in [1.54, 1.807) is 0 Å². The van der Waals surface area contributed by atoms with Gasteiger partial charge in [-0.25, -0.2) is 0 Å². The number of fused-ring (bicyclic) bond motifs is 1. The van der Waals surface area contributed by atoms with Crippen molar-refractivity contribution in [1.29, 1.82) is 0 Å². The van der Waals surface area contributed by atoms with Gasteiger partial charge in [0, 0.05) is 11.1 Å². The molecule has 2 N–H and O–H groups in total. The summed E-state index contributed by atoms with van der Waals surface area (Å²) in [4.78, 5) is 0. The van der Waals surface area contributed by atoms with Gasteiger partial charge in [0.05, 0.1) is 0 Å². The summed E-state index contributed by atoms with van der Waals surface area (Å²) in [5, 5.41) is 0. The average Bonchev–Trinajstić information content (AvgIpc) is 2.47. The zero-order valence-electron chi connectivity index (χ0n) is 10.5. The standard InChI is InChI=1S/C15H19N/c1-5-11-12-8-6-7-9-13(12)15(3,4)14(11)10(2)16/h5-9H,16H2,1-4H3/b11-5-,14-10-. The zero-order chi connectivity index (χ0) is 11.9. The summed E-state index contributed by atoms with van der Waals surface area (Å²) < 4.78 is 0. The van der Waals surface area contributed by atoms with Gasteiger partial charge < -0.3 is 5.73 Å². The van der Waals surface area contributed by atoms with E-state index < -0.39 is 0 Å². The largest absolute Gasteiger partial charge is 0.402 e. The van der Waals surface area contributed by atoms with Crippen molar-refractivity contribution in [2.45, 2.75) is 33.1 Å². The van der Waals surface area contributed by atoms with Crippen LogP contribution in [0, 0.1) is 0 Å². The molecule has 84 valence electrons. The van der Waals surface area contributed by atoms with Crippen LogP contribution >= 0.6 is 0 Å². The van der Waals surface area contributed by atoms with Crippen LogP contribution in [0.2, 0.25) is 0 Å². The molecule has 1 aromatic rings. The number of benzene rings is 1. The SMILES string of the molecule is C/C=C1\C(=C(/C)N)C(C)(C)c2ccccc21. The summed E-state index contributed by atoms with van der Waals surface area (Å²) in [6.07, 6.45) is 2.17. The molecule has 0 radical (unpaired) electrons. The Labute approximate surface area is 97.7 Å². The summed E-state index contributed by atoms with van der Waals surface area (Å²) in [6.45, 7) is 8.56. The fourth-order valence-electron chi connectivity index (χ4n) is 2.87. The lowest BCUT2D eigenvalue weighted by Gasteiger charge is -2.23. The van der Waals surface area contributed by atoms with E-state index in [1.165, 1.54) is 22.3 Å². The summed E-state index contributed by atoms with van der Waals surface area (Å²) >= 11 is 0. The summed E-state index contributed by atoms with van der Waals surface area (Å²) in [6, 6.07) is 8.58. The van der Waals surface area contributed by atoms with E-state index in [9.17, 15) is 0 Å². The molecular weight excluding hydrogens is 194 g/mol. The number of allylic oxidation sites excluding steroid dienone is 4. The first-order valence-electron chi connectivity index (χ1n) is 5.73. The van der Waals surface area contributed by atoms with Gasteiger partial charge in [-0.3, -0.25) is 0 Å². The predicted molar refractivity (Wildman–Crippen MR) is 70.0 cm³/mol. The third-order valence-corrected chi connectivity index (χ3v) is 3.47. The van der Waals surface area contributed by atoms with E-state index in [1.807, 2.05) is 6.92 Å². The third-order valence-electron chi connectivity index (χ3n) is 3.47. The monoisotopic (exact) mass is 213 g/mol. The average molecular weight is 213 g/mol. The van der Waals surface area contributed by atoms with E-state index in [0.717, 1.165) is 5.70 Å². The van der Waals surface area contributed by atoms with Crippen LogP contribution in [-0.4, -0.2) is 0 Å². The Morgan fingerprint density at radius 3 is 2.44 bits per heavy atom. The van der Waals surface area contributed by atoms with Crippen LogP contribution in [0.25, 0.3) is 5.57 Å². The van der Waals surface area contributed by atoms with Gasteiger partial charge in [0.15, 0.2) is 0 Å². The molecule has 0 aromatic heterocycles. The molecule has 0 unspecified atom stereocenters. The fourth-order valence-corrected chi connectivity index (χ4v) is 2.87. The van der Waals surface area contributed by atoms with Crippen molar-refractivity contribution in [3.05, 3.63) is 52.7 Å². The van der Waals surface area contributed by atoms with Crippen LogP contribution in [0.15, 0.2) is 41.6 Å². The highest BCUT2D eigenvalue weighted by Crippen LogP contribution is 2.49. The van der Waals surface area contributed by atoms with Crippen molar-refractivity contribution in [2.75, 3.05) is 0 Å². The Hall–Kier alpha value is -1.50. The third kappa shape index (κ3) is 1.31. The van der Waals surface area contributed by atoms with Gasteiger partial charge >= 0.3 is 0 Å². The van der Waals surface area contributed by atoms with Gasteiger partial charge in [-0.1, -0.05) is 44.2 Å². The molecule has 1 aromatic carbocycles. The second-order valence-electron chi connectivity index (χ2n) is 4.93. The molecule has 1 aliphatic rings. The highest BCUT2D eigenvalue weighted by atomic mass is 14.6. The number of hydrogen-bond acceptors (Lipinski definition) is 1. The minimum Gasteiger partial charge on any atom is -0.402 e. The summed E-state index contributed by atoms with van der Waals surface area (Å²) in [5.74, 6) is 0. The van der Waals surface area contributed by atoms with Crippen molar-refractivity contribution in [2.24, 2.45) is 5.73 Å². The zero-order valence-corrected chi connectivity index (χ0v) is 10.5. The summed E-state index contributed by atoms with van der Waals surface area (Å²) in [7, 11) is 0. The van der Waals surface area contributed by atoms with Crippen LogP contribution < -0.4 is 5.73 Å². The minimum absolute atomic E-state index is 0.0251. The number of rotatable bonds is 0. The Morgan fingerprint density at radius 2 is 1.88 bits per heavy atom. The van der Waals surface area contributed by atoms with Crippen LogP contribution in [0.5, 0.6) is 0 Å². The van der Waals surface area contributed by atoms with Gasteiger partial charge in [0.2, 0.25) is 0 Å². The Bertz CT molecular complexity index is 486. The van der Waals surface area contributed by atoms with Crippen molar-refractivity contribution < 1.29 is 0 Å². The lowest BCUT2D eigenvalue weighted by atomic mass is 9.81. The Kier molecular flexibility index (Phi) is 2.42. The van der Waals surface area contributed by atoms with Gasteiger partial charge in [-0.05, 0) is 36.1 Å². The van der Waals surface area contributed by atoms with Crippen molar-refractivity contribution in [3.63, 3.8) is 0 Å². The second kappa shape index (κ2) is 3.51. The van der Waals surface area contributed by atoms with Gasteiger partial charge in [-0.15, -0.1) is 0 Å².